The number of carbonyl (C=O) groups excluding carboxylic acids is 2. The Morgan fingerprint density at radius 1 is 0.969 bits per heavy atom. The maximum atomic E-state index is 13.5. The fourth-order valence-corrected chi connectivity index (χ4v) is 3.47. The van der Waals surface area contributed by atoms with Crippen LogP contribution in [-0.2, 0) is 11.3 Å². The van der Waals surface area contributed by atoms with Crippen LogP contribution in [-0.4, -0.2) is 38.2 Å². The van der Waals surface area contributed by atoms with E-state index >= 15 is 0 Å². The summed E-state index contributed by atoms with van der Waals surface area (Å²) in [7, 11) is 4.45. The molecule has 6 nitrogen and oxygen atoms in total. The van der Waals surface area contributed by atoms with Crippen LogP contribution in [0.25, 0.3) is 0 Å². The van der Waals surface area contributed by atoms with Crippen LogP contribution >= 0.6 is 0 Å². The molecule has 0 saturated carbocycles. The van der Waals surface area contributed by atoms with Crippen LogP contribution in [0, 0.1) is 5.82 Å². The summed E-state index contributed by atoms with van der Waals surface area (Å²) >= 11 is 0. The molecule has 166 valence electrons. The van der Waals surface area contributed by atoms with Gasteiger partial charge in [0.1, 0.15) is 17.1 Å². The topological polar surface area (TPSA) is 67.9 Å². The van der Waals surface area contributed by atoms with Gasteiger partial charge in [-0.05, 0) is 41.0 Å². The highest BCUT2D eigenvalue weighted by molar-refractivity contribution is 5.92. The highest BCUT2D eigenvalue weighted by Gasteiger charge is 2.23. The molecule has 2 amide bonds. The van der Waals surface area contributed by atoms with E-state index in [1.807, 2.05) is 30.3 Å². The van der Waals surface area contributed by atoms with Gasteiger partial charge < -0.3 is 19.7 Å². The van der Waals surface area contributed by atoms with Crippen molar-refractivity contribution < 1.29 is 23.5 Å². The number of nitrogens with one attached hydrogen (secondary N) is 1. The minimum Gasteiger partial charge on any atom is -0.496 e. The fraction of sp³-hybridized carbons (Fsp3) is 0.200. The van der Waals surface area contributed by atoms with Gasteiger partial charge in [0, 0.05) is 13.6 Å². The first-order chi connectivity index (χ1) is 15.4. The molecule has 0 bridgehead atoms. The lowest BCUT2D eigenvalue weighted by Crippen LogP contribution is -2.39. The number of halogens is 1. The number of ether oxygens (including phenoxy) is 2. The predicted molar refractivity (Wildman–Crippen MR) is 119 cm³/mol. The number of hydrogen-bond donors (Lipinski definition) is 1. The van der Waals surface area contributed by atoms with Crippen LogP contribution in [0.15, 0.2) is 72.8 Å². The number of amides is 2. The number of hydrogen-bond acceptors (Lipinski definition) is 4. The molecule has 0 heterocycles. The molecule has 3 aromatic rings. The summed E-state index contributed by atoms with van der Waals surface area (Å²) in [5.74, 6) is -0.467. The molecule has 7 heteroatoms. The Morgan fingerprint density at radius 3 is 2.25 bits per heavy atom. The summed E-state index contributed by atoms with van der Waals surface area (Å²) < 4.78 is 23.5. The van der Waals surface area contributed by atoms with Crippen LogP contribution in [0.2, 0.25) is 0 Å². The second-order valence-corrected chi connectivity index (χ2v) is 7.16. The maximum absolute atomic E-state index is 13.5. The van der Waals surface area contributed by atoms with Gasteiger partial charge in [-0.1, -0.05) is 48.5 Å². The third kappa shape index (κ3) is 5.24. The summed E-state index contributed by atoms with van der Waals surface area (Å²) in [6.07, 6.45) is 0. The Labute approximate surface area is 186 Å². The van der Waals surface area contributed by atoms with E-state index in [0.717, 1.165) is 11.1 Å². The Balaban J connectivity index is 1.80. The van der Waals surface area contributed by atoms with Crippen molar-refractivity contribution in [3.8, 4) is 5.75 Å². The second kappa shape index (κ2) is 10.4. The zero-order valence-electron chi connectivity index (χ0n) is 18.2. The van der Waals surface area contributed by atoms with Gasteiger partial charge in [-0.15, -0.1) is 0 Å². The summed E-state index contributed by atoms with van der Waals surface area (Å²) in [5, 5.41) is 2.87. The Kier molecular flexibility index (Phi) is 7.44. The number of nitrogens with zero attached hydrogens (tertiary/aromatic N) is 1. The zero-order valence-corrected chi connectivity index (χ0v) is 18.2. The molecule has 1 N–H and O–H groups in total. The number of carbonyl (C=O) groups is 2. The summed E-state index contributed by atoms with van der Waals surface area (Å²) in [6, 6.07) is 19.9. The number of benzene rings is 3. The summed E-state index contributed by atoms with van der Waals surface area (Å²) in [5.41, 5.74) is 2.68. The molecule has 32 heavy (non-hydrogen) atoms. The van der Waals surface area contributed by atoms with Crippen molar-refractivity contribution in [2.45, 2.75) is 12.6 Å². The lowest BCUT2D eigenvalue weighted by atomic mass is 9.97. The van der Waals surface area contributed by atoms with Crippen molar-refractivity contribution in [1.29, 1.82) is 0 Å². The lowest BCUT2D eigenvalue weighted by Gasteiger charge is -2.29. The molecule has 0 radical (unpaired) electrons. The van der Waals surface area contributed by atoms with E-state index in [0.29, 0.717) is 11.3 Å². The van der Waals surface area contributed by atoms with Crippen LogP contribution in [0.1, 0.15) is 33.1 Å². The van der Waals surface area contributed by atoms with Crippen LogP contribution < -0.4 is 10.1 Å². The van der Waals surface area contributed by atoms with Crippen molar-refractivity contribution in [2.75, 3.05) is 21.3 Å². The summed E-state index contributed by atoms with van der Waals surface area (Å²) in [4.78, 5) is 26.6. The molecule has 1 atom stereocenters. The van der Waals surface area contributed by atoms with Crippen molar-refractivity contribution in [3.63, 3.8) is 0 Å². The minimum absolute atomic E-state index is 0.197. The monoisotopic (exact) mass is 436 g/mol. The van der Waals surface area contributed by atoms with Crippen molar-refractivity contribution in [3.05, 3.63) is 101 Å². The highest BCUT2D eigenvalue weighted by Crippen LogP contribution is 2.28. The van der Waals surface area contributed by atoms with E-state index in [9.17, 15) is 14.0 Å². The van der Waals surface area contributed by atoms with Crippen molar-refractivity contribution in [2.24, 2.45) is 0 Å². The fourth-order valence-electron chi connectivity index (χ4n) is 3.47. The maximum Gasteiger partial charge on any atom is 0.341 e. The van der Waals surface area contributed by atoms with E-state index < -0.39 is 12.0 Å². The van der Waals surface area contributed by atoms with Gasteiger partial charge in [0.2, 0.25) is 0 Å². The van der Waals surface area contributed by atoms with Gasteiger partial charge in [-0.2, -0.15) is 0 Å². The molecule has 3 rings (SSSR count). The van der Waals surface area contributed by atoms with E-state index in [2.05, 4.69) is 5.32 Å². The van der Waals surface area contributed by atoms with Gasteiger partial charge >= 0.3 is 12.0 Å². The molecule has 0 aromatic heterocycles. The number of methoxy groups -OCH3 is 2. The van der Waals surface area contributed by atoms with Crippen molar-refractivity contribution in [1.82, 2.24) is 10.2 Å². The first-order valence-electron chi connectivity index (χ1n) is 10.0. The van der Waals surface area contributed by atoms with Gasteiger partial charge in [0.25, 0.3) is 0 Å². The predicted octanol–water partition coefficient (Wildman–Crippen LogP) is 4.55. The molecule has 0 aliphatic carbocycles. The van der Waals surface area contributed by atoms with Gasteiger partial charge in [-0.3, -0.25) is 0 Å². The van der Waals surface area contributed by atoms with Crippen molar-refractivity contribution >= 4 is 12.0 Å². The molecule has 0 aliphatic rings. The lowest BCUT2D eigenvalue weighted by molar-refractivity contribution is 0.0597. The molecular formula is C25H25FN2O4. The number of urea groups is 1. The Bertz CT molecular complexity index is 1070. The number of rotatable bonds is 7. The number of esters is 1. The second-order valence-electron chi connectivity index (χ2n) is 7.16. The molecule has 0 spiro atoms. The third-order valence-corrected chi connectivity index (χ3v) is 5.12. The standard InChI is InChI=1S/C25H25FN2O4/c1-28(23(18-7-5-4-6-8-18)19-10-12-20(26)13-11-19)25(30)27-16-17-9-14-22(31-2)21(15-17)24(29)32-3/h4-15,23H,16H2,1-3H3,(H,27,30). The molecule has 0 fully saturated rings. The van der Waals surface area contributed by atoms with Gasteiger partial charge in [-0.25, -0.2) is 14.0 Å². The van der Waals surface area contributed by atoms with Crippen LogP contribution in [0.4, 0.5) is 9.18 Å². The normalized spacial score (nSPS) is 11.4. The van der Waals surface area contributed by atoms with Crippen LogP contribution in [0.5, 0.6) is 5.75 Å². The van der Waals surface area contributed by atoms with Gasteiger partial charge in [0.05, 0.1) is 20.3 Å². The molecule has 0 saturated heterocycles. The average molecular weight is 436 g/mol. The van der Waals surface area contributed by atoms with E-state index in [1.54, 1.807) is 42.3 Å². The van der Waals surface area contributed by atoms with E-state index in [-0.39, 0.29) is 24.0 Å². The van der Waals surface area contributed by atoms with E-state index in [4.69, 9.17) is 9.47 Å². The molecular weight excluding hydrogens is 411 g/mol. The summed E-state index contributed by atoms with van der Waals surface area (Å²) in [6.45, 7) is 0.197. The Hall–Kier alpha value is -3.87. The zero-order chi connectivity index (χ0) is 23.1. The quantitative estimate of drug-likeness (QED) is 0.552. The largest absolute Gasteiger partial charge is 0.496 e. The highest BCUT2D eigenvalue weighted by atomic mass is 19.1. The first kappa shape index (κ1) is 22.8. The SMILES string of the molecule is COC(=O)c1cc(CNC(=O)N(C)C(c2ccccc2)c2ccc(F)cc2)ccc1OC. The Morgan fingerprint density at radius 2 is 1.62 bits per heavy atom. The smallest absolute Gasteiger partial charge is 0.341 e. The molecule has 1 unspecified atom stereocenters. The average Bonchev–Trinajstić information content (AvgIpc) is 2.83. The minimum atomic E-state index is -0.521. The van der Waals surface area contributed by atoms with Gasteiger partial charge in [0.15, 0.2) is 0 Å². The first-order valence-corrected chi connectivity index (χ1v) is 10.0. The van der Waals surface area contributed by atoms with Crippen LogP contribution in [0.3, 0.4) is 0 Å². The third-order valence-electron chi connectivity index (χ3n) is 5.12. The molecule has 0 aliphatic heterocycles. The van der Waals surface area contributed by atoms with E-state index in [1.165, 1.54) is 26.4 Å². The molecule has 3 aromatic carbocycles.